The van der Waals surface area contributed by atoms with E-state index >= 15 is 0 Å². The van der Waals surface area contributed by atoms with Crippen molar-refractivity contribution in [2.45, 2.75) is 20.8 Å². The van der Waals surface area contributed by atoms with Crippen LogP contribution in [0.4, 0.5) is 11.4 Å². The fraction of sp³-hybridized carbons (Fsp3) is 0.333. The molecule has 0 amide bonds. The van der Waals surface area contributed by atoms with Crippen molar-refractivity contribution in [2.75, 3.05) is 30.3 Å². The van der Waals surface area contributed by atoms with Gasteiger partial charge >= 0.3 is 0 Å². The highest BCUT2D eigenvalue weighted by Gasteiger charge is 2.02. The molecule has 2 N–H and O–H groups in total. The molecule has 0 fully saturated rings. The third kappa shape index (κ3) is 4.15. The topological polar surface area (TPSA) is 33.3 Å². The molecule has 0 heterocycles. The van der Waals surface area contributed by atoms with Crippen LogP contribution in [0.3, 0.4) is 0 Å². The van der Waals surface area contributed by atoms with Gasteiger partial charge in [0.2, 0.25) is 0 Å². The molecule has 2 rings (SSSR count). The highest BCUT2D eigenvalue weighted by molar-refractivity contribution is 5.57. The Morgan fingerprint density at radius 3 is 2.29 bits per heavy atom. The molecule has 0 spiro atoms. The van der Waals surface area contributed by atoms with Crippen molar-refractivity contribution in [3.05, 3.63) is 53.6 Å². The molecule has 0 bridgehead atoms. The first kappa shape index (κ1) is 15.2. The fourth-order valence-corrected chi connectivity index (χ4v) is 2.23. The molecule has 3 nitrogen and oxygen atoms in total. The van der Waals surface area contributed by atoms with Gasteiger partial charge in [-0.05, 0) is 50.1 Å². The second-order valence-corrected chi connectivity index (χ2v) is 5.03. The van der Waals surface area contributed by atoms with Gasteiger partial charge in [0.05, 0.1) is 12.3 Å². The Balaban J connectivity index is 1.86. The zero-order chi connectivity index (χ0) is 15.1. The second kappa shape index (κ2) is 7.58. The average molecular weight is 284 g/mol. The molecule has 0 saturated heterocycles. The molecule has 0 aliphatic rings. The molecule has 112 valence electrons. The number of nitrogens with one attached hydrogen (secondary N) is 2. The van der Waals surface area contributed by atoms with Gasteiger partial charge in [-0.15, -0.1) is 0 Å². The zero-order valence-electron chi connectivity index (χ0n) is 13.1. The van der Waals surface area contributed by atoms with E-state index in [9.17, 15) is 0 Å². The molecular weight excluding hydrogens is 260 g/mol. The van der Waals surface area contributed by atoms with E-state index in [1.54, 1.807) is 0 Å². The van der Waals surface area contributed by atoms with Crippen molar-refractivity contribution in [3.8, 4) is 5.75 Å². The SMILES string of the molecule is CCOc1ccccc1NCCNc1cccc(C)c1C. The largest absolute Gasteiger partial charge is 0.492 e. The highest BCUT2D eigenvalue weighted by atomic mass is 16.5. The van der Waals surface area contributed by atoms with E-state index in [0.29, 0.717) is 6.61 Å². The van der Waals surface area contributed by atoms with E-state index in [1.807, 2.05) is 31.2 Å². The molecule has 21 heavy (non-hydrogen) atoms. The van der Waals surface area contributed by atoms with Crippen LogP contribution >= 0.6 is 0 Å². The van der Waals surface area contributed by atoms with Gasteiger partial charge in [0, 0.05) is 18.8 Å². The minimum atomic E-state index is 0.680. The number of benzene rings is 2. The summed E-state index contributed by atoms with van der Waals surface area (Å²) in [5.41, 5.74) is 4.87. The Bertz CT molecular complexity index is 581. The summed E-state index contributed by atoms with van der Waals surface area (Å²) in [5, 5.41) is 6.89. The molecule has 0 aromatic heterocycles. The minimum absolute atomic E-state index is 0.680. The van der Waals surface area contributed by atoms with Gasteiger partial charge in [0.25, 0.3) is 0 Å². The van der Waals surface area contributed by atoms with Crippen LogP contribution in [0, 0.1) is 13.8 Å². The molecular formula is C18H24N2O. The molecule has 0 saturated carbocycles. The number of aryl methyl sites for hydroxylation is 1. The molecule has 2 aromatic rings. The summed E-state index contributed by atoms with van der Waals surface area (Å²) in [6.45, 7) is 8.67. The number of anilines is 2. The lowest BCUT2D eigenvalue weighted by Gasteiger charge is -2.14. The van der Waals surface area contributed by atoms with E-state index in [-0.39, 0.29) is 0 Å². The summed E-state index contributed by atoms with van der Waals surface area (Å²) in [4.78, 5) is 0. The molecule has 0 atom stereocenters. The van der Waals surface area contributed by atoms with Gasteiger partial charge in [-0.1, -0.05) is 24.3 Å². The molecule has 0 aliphatic carbocycles. The van der Waals surface area contributed by atoms with Gasteiger partial charge in [-0.2, -0.15) is 0 Å². The summed E-state index contributed by atoms with van der Waals surface area (Å²) in [6, 6.07) is 14.4. The summed E-state index contributed by atoms with van der Waals surface area (Å²) in [6.07, 6.45) is 0. The predicted molar refractivity (Wildman–Crippen MR) is 90.5 cm³/mol. The van der Waals surface area contributed by atoms with E-state index in [0.717, 1.165) is 24.5 Å². The van der Waals surface area contributed by atoms with Crippen LogP contribution in [-0.2, 0) is 0 Å². The first-order valence-corrected chi connectivity index (χ1v) is 7.48. The Labute approximate surface area is 127 Å². The van der Waals surface area contributed by atoms with Crippen molar-refractivity contribution in [2.24, 2.45) is 0 Å². The Morgan fingerprint density at radius 1 is 0.857 bits per heavy atom. The fourth-order valence-electron chi connectivity index (χ4n) is 2.23. The first-order chi connectivity index (χ1) is 10.2. The van der Waals surface area contributed by atoms with Crippen LogP contribution in [0.2, 0.25) is 0 Å². The van der Waals surface area contributed by atoms with Crippen LogP contribution < -0.4 is 15.4 Å². The van der Waals surface area contributed by atoms with Gasteiger partial charge in [-0.25, -0.2) is 0 Å². The molecule has 2 aromatic carbocycles. The quantitative estimate of drug-likeness (QED) is 0.747. The molecule has 0 unspecified atom stereocenters. The third-order valence-corrected chi connectivity index (χ3v) is 3.55. The van der Waals surface area contributed by atoms with Crippen LogP contribution in [0.15, 0.2) is 42.5 Å². The van der Waals surface area contributed by atoms with Gasteiger partial charge in [0.1, 0.15) is 5.75 Å². The maximum absolute atomic E-state index is 5.60. The standard InChI is InChI=1S/C18H24N2O/c1-4-21-18-11-6-5-9-17(18)20-13-12-19-16-10-7-8-14(2)15(16)3/h5-11,19-20H,4,12-13H2,1-3H3. The number of ether oxygens (including phenoxy) is 1. The molecule has 3 heteroatoms. The van der Waals surface area contributed by atoms with E-state index < -0.39 is 0 Å². The summed E-state index contributed by atoms with van der Waals surface area (Å²) >= 11 is 0. The van der Waals surface area contributed by atoms with Crippen molar-refractivity contribution < 1.29 is 4.74 Å². The van der Waals surface area contributed by atoms with Gasteiger partial charge in [0.15, 0.2) is 0 Å². The highest BCUT2D eigenvalue weighted by Crippen LogP contribution is 2.23. The Hall–Kier alpha value is -2.16. The van der Waals surface area contributed by atoms with Crippen LogP contribution in [0.25, 0.3) is 0 Å². The smallest absolute Gasteiger partial charge is 0.142 e. The maximum Gasteiger partial charge on any atom is 0.142 e. The molecule has 0 radical (unpaired) electrons. The van der Waals surface area contributed by atoms with Crippen molar-refractivity contribution in [1.29, 1.82) is 0 Å². The Kier molecular flexibility index (Phi) is 5.50. The maximum atomic E-state index is 5.60. The summed E-state index contributed by atoms with van der Waals surface area (Å²) in [5.74, 6) is 0.909. The van der Waals surface area contributed by atoms with Crippen molar-refractivity contribution >= 4 is 11.4 Å². The summed E-state index contributed by atoms with van der Waals surface area (Å²) < 4.78 is 5.60. The van der Waals surface area contributed by atoms with Crippen molar-refractivity contribution in [1.82, 2.24) is 0 Å². The van der Waals surface area contributed by atoms with E-state index in [4.69, 9.17) is 4.74 Å². The lowest BCUT2D eigenvalue weighted by atomic mass is 10.1. The average Bonchev–Trinajstić information content (AvgIpc) is 2.49. The zero-order valence-corrected chi connectivity index (χ0v) is 13.1. The first-order valence-electron chi connectivity index (χ1n) is 7.48. The summed E-state index contributed by atoms with van der Waals surface area (Å²) in [7, 11) is 0. The predicted octanol–water partition coefficient (Wildman–Crippen LogP) is 4.23. The monoisotopic (exact) mass is 284 g/mol. The second-order valence-electron chi connectivity index (χ2n) is 5.03. The normalized spacial score (nSPS) is 10.2. The Morgan fingerprint density at radius 2 is 1.52 bits per heavy atom. The van der Waals surface area contributed by atoms with Gasteiger partial charge in [-0.3, -0.25) is 0 Å². The number of hydrogen-bond acceptors (Lipinski definition) is 3. The van der Waals surface area contributed by atoms with Crippen LogP contribution in [0.5, 0.6) is 5.75 Å². The van der Waals surface area contributed by atoms with E-state index in [2.05, 4.69) is 42.7 Å². The third-order valence-electron chi connectivity index (χ3n) is 3.55. The van der Waals surface area contributed by atoms with Crippen LogP contribution in [0.1, 0.15) is 18.1 Å². The lowest BCUT2D eigenvalue weighted by molar-refractivity contribution is 0.342. The minimum Gasteiger partial charge on any atom is -0.492 e. The van der Waals surface area contributed by atoms with Crippen molar-refractivity contribution in [3.63, 3.8) is 0 Å². The van der Waals surface area contributed by atoms with Gasteiger partial charge < -0.3 is 15.4 Å². The molecule has 0 aliphatic heterocycles. The number of para-hydroxylation sites is 2. The number of rotatable bonds is 7. The van der Waals surface area contributed by atoms with E-state index in [1.165, 1.54) is 16.8 Å². The lowest BCUT2D eigenvalue weighted by Crippen LogP contribution is -2.15. The van der Waals surface area contributed by atoms with Crippen LogP contribution in [-0.4, -0.2) is 19.7 Å². The number of hydrogen-bond donors (Lipinski definition) is 2.